The molecule has 2 N–H and O–H groups in total. The maximum Gasteiger partial charge on any atom is 0.329 e. The van der Waals surface area contributed by atoms with Crippen molar-refractivity contribution in [1.82, 2.24) is 0 Å². The van der Waals surface area contributed by atoms with Crippen molar-refractivity contribution in [2.45, 2.75) is 57.4 Å². The van der Waals surface area contributed by atoms with Crippen LogP contribution in [0.5, 0.6) is 0 Å². The van der Waals surface area contributed by atoms with Crippen molar-refractivity contribution in [3.05, 3.63) is 29.6 Å². The fraction of sp³-hybridized carbons (Fsp3) is 0.562. The number of hydrogen-bond acceptors (Lipinski definition) is 2. The summed E-state index contributed by atoms with van der Waals surface area (Å²) in [6, 6.07) is 4.61. The van der Waals surface area contributed by atoms with Crippen LogP contribution in [0.4, 0.5) is 10.1 Å². The van der Waals surface area contributed by atoms with Gasteiger partial charge in [0.2, 0.25) is 0 Å². The molecular formula is C16H22FNO2. The Hall–Kier alpha value is -1.58. The second-order valence-electron chi connectivity index (χ2n) is 5.80. The van der Waals surface area contributed by atoms with Crippen molar-refractivity contribution in [2.75, 3.05) is 5.32 Å². The highest BCUT2D eigenvalue weighted by atomic mass is 19.1. The molecule has 1 fully saturated rings. The predicted octanol–water partition coefficient (Wildman–Crippen LogP) is 4.11. The van der Waals surface area contributed by atoms with E-state index in [1.807, 2.05) is 0 Å². The molecule has 0 bridgehead atoms. The molecule has 0 radical (unpaired) electrons. The number of aryl methyl sites for hydroxylation is 1. The van der Waals surface area contributed by atoms with Crippen LogP contribution in [0.15, 0.2) is 18.2 Å². The molecule has 20 heavy (non-hydrogen) atoms. The van der Waals surface area contributed by atoms with E-state index in [1.54, 1.807) is 13.0 Å². The zero-order chi connectivity index (χ0) is 14.6. The summed E-state index contributed by atoms with van der Waals surface area (Å²) in [5.74, 6) is -1.17. The van der Waals surface area contributed by atoms with Crippen LogP contribution in [-0.2, 0) is 4.79 Å². The van der Waals surface area contributed by atoms with E-state index >= 15 is 0 Å². The fourth-order valence-corrected chi connectivity index (χ4v) is 2.99. The Labute approximate surface area is 119 Å². The Morgan fingerprint density at radius 3 is 2.30 bits per heavy atom. The van der Waals surface area contributed by atoms with E-state index in [1.165, 1.54) is 18.6 Å². The number of halogens is 1. The Morgan fingerprint density at radius 1 is 1.15 bits per heavy atom. The summed E-state index contributed by atoms with van der Waals surface area (Å²) in [4.78, 5) is 11.8. The lowest BCUT2D eigenvalue weighted by atomic mass is 9.83. The van der Waals surface area contributed by atoms with E-state index in [4.69, 9.17) is 0 Å². The molecule has 0 heterocycles. The van der Waals surface area contributed by atoms with Gasteiger partial charge in [0.25, 0.3) is 0 Å². The lowest BCUT2D eigenvalue weighted by Gasteiger charge is -2.33. The summed E-state index contributed by atoms with van der Waals surface area (Å²) in [5, 5.41) is 12.8. The van der Waals surface area contributed by atoms with Gasteiger partial charge in [0.15, 0.2) is 0 Å². The number of hydrogen-bond donors (Lipinski definition) is 2. The largest absolute Gasteiger partial charge is 0.480 e. The van der Waals surface area contributed by atoms with Gasteiger partial charge < -0.3 is 10.4 Å². The highest BCUT2D eigenvalue weighted by Gasteiger charge is 2.38. The first-order valence-corrected chi connectivity index (χ1v) is 7.31. The van der Waals surface area contributed by atoms with E-state index in [-0.39, 0.29) is 5.82 Å². The van der Waals surface area contributed by atoms with Crippen molar-refractivity contribution in [3.8, 4) is 0 Å². The smallest absolute Gasteiger partial charge is 0.329 e. The number of anilines is 1. The van der Waals surface area contributed by atoms with Gasteiger partial charge in [-0.1, -0.05) is 32.1 Å². The highest BCUT2D eigenvalue weighted by Crippen LogP contribution is 2.31. The highest BCUT2D eigenvalue weighted by molar-refractivity contribution is 5.82. The standard InChI is InChI=1S/C16H22FNO2/c1-12-9-13(17)11-14(10-12)18-16(15(19)20)7-5-3-2-4-6-8-16/h9-11,18H,2-8H2,1H3,(H,19,20). The minimum absolute atomic E-state index is 0.334. The summed E-state index contributed by atoms with van der Waals surface area (Å²) in [7, 11) is 0. The molecule has 0 spiro atoms. The quantitative estimate of drug-likeness (QED) is 0.875. The van der Waals surface area contributed by atoms with Crippen LogP contribution in [-0.4, -0.2) is 16.6 Å². The minimum Gasteiger partial charge on any atom is -0.480 e. The zero-order valence-corrected chi connectivity index (χ0v) is 11.9. The Bertz CT molecular complexity index is 459. The number of nitrogens with one attached hydrogen (secondary N) is 1. The Kier molecular flexibility index (Phi) is 4.63. The van der Waals surface area contributed by atoms with E-state index in [9.17, 15) is 14.3 Å². The number of carboxylic acids is 1. The first-order chi connectivity index (χ1) is 9.52. The van der Waals surface area contributed by atoms with Gasteiger partial charge in [-0.15, -0.1) is 0 Å². The number of aliphatic carboxylic acids is 1. The number of rotatable bonds is 3. The molecule has 0 atom stereocenters. The van der Waals surface area contributed by atoms with Crippen molar-refractivity contribution in [2.24, 2.45) is 0 Å². The molecule has 0 saturated heterocycles. The van der Waals surface area contributed by atoms with E-state index < -0.39 is 11.5 Å². The van der Waals surface area contributed by atoms with Gasteiger partial charge in [0.05, 0.1) is 0 Å². The second kappa shape index (κ2) is 6.25. The average Bonchev–Trinajstić information content (AvgIpc) is 2.31. The van der Waals surface area contributed by atoms with Gasteiger partial charge in [-0.25, -0.2) is 9.18 Å². The fourth-order valence-electron chi connectivity index (χ4n) is 2.99. The topological polar surface area (TPSA) is 49.3 Å². The van der Waals surface area contributed by atoms with E-state index in [0.29, 0.717) is 18.5 Å². The Morgan fingerprint density at radius 2 is 1.75 bits per heavy atom. The van der Waals surface area contributed by atoms with Crippen molar-refractivity contribution < 1.29 is 14.3 Å². The van der Waals surface area contributed by atoms with E-state index in [2.05, 4.69) is 5.32 Å². The van der Waals surface area contributed by atoms with Gasteiger partial charge in [-0.3, -0.25) is 0 Å². The molecule has 1 aromatic rings. The summed E-state index contributed by atoms with van der Waals surface area (Å²) < 4.78 is 13.5. The summed E-state index contributed by atoms with van der Waals surface area (Å²) in [5.41, 5.74) is 0.394. The molecule has 0 aliphatic heterocycles. The number of benzene rings is 1. The van der Waals surface area contributed by atoms with Gasteiger partial charge in [-0.2, -0.15) is 0 Å². The molecule has 0 amide bonds. The van der Waals surface area contributed by atoms with Crippen LogP contribution < -0.4 is 5.32 Å². The van der Waals surface area contributed by atoms with Gasteiger partial charge in [-0.05, 0) is 43.5 Å². The molecule has 0 unspecified atom stereocenters. The molecule has 1 saturated carbocycles. The molecule has 0 aromatic heterocycles. The summed E-state index contributed by atoms with van der Waals surface area (Å²) >= 11 is 0. The van der Waals surface area contributed by atoms with Crippen molar-refractivity contribution >= 4 is 11.7 Å². The monoisotopic (exact) mass is 279 g/mol. The third-order valence-electron chi connectivity index (χ3n) is 4.04. The van der Waals surface area contributed by atoms with Gasteiger partial charge in [0, 0.05) is 5.69 Å². The van der Waals surface area contributed by atoms with Gasteiger partial charge in [0.1, 0.15) is 11.4 Å². The molecular weight excluding hydrogens is 257 g/mol. The summed E-state index contributed by atoms with van der Waals surface area (Å²) in [6.45, 7) is 1.81. The first kappa shape index (κ1) is 14.8. The maximum atomic E-state index is 13.5. The first-order valence-electron chi connectivity index (χ1n) is 7.31. The van der Waals surface area contributed by atoms with Crippen LogP contribution in [0.3, 0.4) is 0 Å². The van der Waals surface area contributed by atoms with Crippen LogP contribution >= 0.6 is 0 Å². The van der Waals surface area contributed by atoms with Crippen LogP contribution in [0, 0.1) is 12.7 Å². The third-order valence-corrected chi connectivity index (χ3v) is 4.04. The van der Waals surface area contributed by atoms with Crippen molar-refractivity contribution in [3.63, 3.8) is 0 Å². The van der Waals surface area contributed by atoms with Crippen molar-refractivity contribution in [1.29, 1.82) is 0 Å². The predicted molar refractivity (Wildman–Crippen MR) is 77.4 cm³/mol. The molecule has 110 valence electrons. The second-order valence-corrected chi connectivity index (χ2v) is 5.80. The van der Waals surface area contributed by atoms with Crippen LogP contribution in [0.2, 0.25) is 0 Å². The minimum atomic E-state index is -0.958. The molecule has 2 rings (SSSR count). The third kappa shape index (κ3) is 3.50. The molecule has 1 aromatic carbocycles. The average molecular weight is 279 g/mol. The lowest BCUT2D eigenvalue weighted by Crippen LogP contribution is -2.46. The maximum absolute atomic E-state index is 13.5. The molecule has 3 nitrogen and oxygen atoms in total. The summed E-state index contributed by atoms with van der Waals surface area (Å²) in [6.07, 6.45) is 6.30. The molecule has 1 aliphatic carbocycles. The number of carbonyl (C=O) groups is 1. The Balaban J connectivity index is 2.25. The van der Waals surface area contributed by atoms with Crippen LogP contribution in [0.1, 0.15) is 50.5 Å². The molecule has 4 heteroatoms. The zero-order valence-electron chi connectivity index (χ0n) is 11.9. The van der Waals surface area contributed by atoms with E-state index in [0.717, 1.165) is 31.2 Å². The lowest BCUT2D eigenvalue weighted by molar-refractivity contribution is -0.143. The van der Waals surface area contributed by atoms with Crippen LogP contribution in [0.25, 0.3) is 0 Å². The van der Waals surface area contributed by atoms with Gasteiger partial charge >= 0.3 is 5.97 Å². The normalized spacial score (nSPS) is 18.9. The molecule has 1 aliphatic rings. The SMILES string of the molecule is Cc1cc(F)cc(NC2(C(=O)O)CCCCCCC2)c1. The number of carboxylic acid groups (broad SMARTS) is 1.